The molecular weight excluding hydrogens is 252 g/mol. The van der Waals surface area contributed by atoms with Gasteiger partial charge in [-0.15, -0.1) is 0 Å². The number of hydrogen-bond acceptors (Lipinski definition) is 3. The SMILES string of the molecule is O=[C]CCC(=O)OCc1cccc(-c2ccccc2)c1. The van der Waals surface area contributed by atoms with E-state index in [0.717, 1.165) is 16.7 Å². The molecule has 0 spiro atoms. The van der Waals surface area contributed by atoms with Crippen LogP contribution in [0, 0.1) is 0 Å². The van der Waals surface area contributed by atoms with E-state index in [1.165, 1.54) is 0 Å². The van der Waals surface area contributed by atoms with Crippen molar-refractivity contribution in [3.63, 3.8) is 0 Å². The van der Waals surface area contributed by atoms with Gasteiger partial charge in [-0.05, 0) is 22.8 Å². The standard InChI is InChI=1S/C17H15O3/c18-11-5-10-17(19)20-13-14-6-4-9-16(12-14)15-7-2-1-3-8-15/h1-4,6-9,12H,5,10,13H2. The normalized spacial score (nSPS) is 10.0. The molecule has 0 aliphatic rings. The number of benzene rings is 2. The van der Waals surface area contributed by atoms with Crippen LogP contribution >= 0.6 is 0 Å². The summed E-state index contributed by atoms with van der Waals surface area (Å²) in [5.41, 5.74) is 3.13. The Morgan fingerprint density at radius 2 is 1.75 bits per heavy atom. The lowest BCUT2D eigenvalue weighted by molar-refractivity contribution is -0.144. The molecule has 101 valence electrons. The highest BCUT2D eigenvalue weighted by Crippen LogP contribution is 2.20. The first kappa shape index (κ1) is 14.0. The molecule has 0 saturated heterocycles. The van der Waals surface area contributed by atoms with E-state index in [4.69, 9.17) is 4.74 Å². The van der Waals surface area contributed by atoms with Gasteiger partial charge in [-0.1, -0.05) is 48.5 Å². The average Bonchev–Trinajstić information content (AvgIpc) is 2.52. The van der Waals surface area contributed by atoms with E-state index in [1.54, 1.807) is 6.29 Å². The van der Waals surface area contributed by atoms with Gasteiger partial charge in [-0.25, -0.2) is 0 Å². The summed E-state index contributed by atoms with van der Waals surface area (Å²) in [6.45, 7) is 0.221. The smallest absolute Gasteiger partial charge is 0.306 e. The van der Waals surface area contributed by atoms with Crippen LogP contribution in [0.4, 0.5) is 0 Å². The van der Waals surface area contributed by atoms with Crippen molar-refractivity contribution in [1.82, 2.24) is 0 Å². The molecule has 0 unspecified atom stereocenters. The third kappa shape index (κ3) is 4.05. The molecule has 0 aliphatic heterocycles. The molecule has 0 bridgehead atoms. The van der Waals surface area contributed by atoms with Crippen LogP contribution in [-0.2, 0) is 20.9 Å². The zero-order valence-electron chi connectivity index (χ0n) is 11.0. The van der Waals surface area contributed by atoms with Crippen molar-refractivity contribution in [3.8, 4) is 11.1 Å². The summed E-state index contributed by atoms with van der Waals surface area (Å²) in [4.78, 5) is 21.4. The zero-order valence-corrected chi connectivity index (χ0v) is 11.0. The van der Waals surface area contributed by atoms with E-state index >= 15 is 0 Å². The number of carbonyl (C=O) groups is 1. The van der Waals surface area contributed by atoms with Crippen molar-refractivity contribution in [2.24, 2.45) is 0 Å². The maximum atomic E-state index is 11.3. The second kappa shape index (κ2) is 7.24. The Morgan fingerprint density at radius 3 is 2.50 bits per heavy atom. The highest BCUT2D eigenvalue weighted by atomic mass is 16.5. The topological polar surface area (TPSA) is 43.4 Å². The van der Waals surface area contributed by atoms with Gasteiger partial charge in [0.15, 0.2) is 6.29 Å². The van der Waals surface area contributed by atoms with Crippen LogP contribution in [0.15, 0.2) is 54.6 Å². The van der Waals surface area contributed by atoms with Crippen molar-refractivity contribution < 1.29 is 14.3 Å². The van der Waals surface area contributed by atoms with E-state index in [9.17, 15) is 9.59 Å². The molecule has 0 N–H and O–H groups in total. The van der Waals surface area contributed by atoms with Crippen LogP contribution in [0.1, 0.15) is 18.4 Å². The predicted molar refractivity (Wildman–Crippen MR) is 76.6 cm³/mol. The minimum atomic E-state index is -0.376. The van der Waals surface area contributed by atoms with Crippen LogP contribution in [0.25, 0.3) is 11.1 Å². The molecule has 0 fully saturated rings. The molecule has 20 heavy (non-hydrogen) atoms. The molecule has 2 aromatic rings. The van der Waals surface area contributed by atoms with Gasteiger partial charge in [0, 0.05) is 6.42 Å². The fraction of sp³-hybridized carbons (Fsp3) is 0.176. The van der Waals surface area contributed by atoms with Gasteiger partial charge in [-0.3, -0.25) is 9.59 Å². The van der Waals surface area contributed by atoms with Crippen molar-refractivity contribution in [3.05, 3.63) is 60.2 Å². The van der Waals surface area contributed by atoms with Crippen LogP contribution in [0.3, 0.4) is 0 Å². The Bertz CT molecular complexity index is 576. The van der Waals surface area contributed by atoms with E-state index in [-0.39, 0.29) is 25.4 Å². The van der Waals surface area contributed by atoms with Crippen LogP contribution in [0.5, 0.6) is 0 Å². The first-order valence-electron chi connectivity index (χ1n) is 6.44. The Balaban J connectivity index is 2.00. The monoisotopic (exact) mass is 267 g/mol. The molecule has 0 aliphatic carbocycles. The Hall–Kier alpha value is -2.42. The molecular formula is C17H15O3. The maximum absolute atomic E-state index is 11.3. The summed E-state index contributed by atoms with van der Waals surface area (Å²) in [6, 6.07) is 17.9. The molecule has 0 saturated carbocycles. The van der Waals surface area contributed by atoms with Crippen LogP contribution in [0.2, 0.25) is 0 Å². The van der Waals surface area contributed by atoms with Gasteiger partial charge in [0.1, 0.15) is 6.61 Å². The van der Waals surface area contributed by atoms with Gasteiger partial charge in [0.2, 0.25) is 0 Å². The zero-order chi connectivity index (χ0) is 14.2. The lowest BCUT2D eigenvalue weighted by atomic mass is 10.0. The highest BCUT2D eigenvalue weighted by molar-refractivity contribution is 5.72. The quantitative estimate of drug-likeness (QED) is 0.754. The molecule has 0 aromatic heterocycles. The van der Waals surface area contributed by atoms with E-state index in [1.807, 2.05) is 54.6 Å². The minimum Gasteiger partial charge on any atom is -0.461 e. The molecule has 0 heterocycles. The van der Waals surface area contributed by atoms with Crippen LogP contribution in [-0.4, -0.2) is 12.3 Å². The van der Waals surface area contributed by atoms with Crippen molar-refractivity contribution >= 4 is 12.3 Å². The molecule has 0 amide bonds. The van der Waals surface area contributed by atoms with Crippen molar-refractivity contribution in [2.45, 2.75) is 19.4 Å². The molecule has 2 aromatic carbocycles. The molecule has 3 nitrogen and oxygen atoms in total. The molecule has 3 heteroatoms. The summed E-state index contributed by atoms with van der Waals surface area (Å²) < 4.78 is 5.10. The van der Waals surface area contributed by atoms with Gasteiger partial charge in [-0.2, -0.15) is 0 Å². The third-order valence-electron chi connectivity index (χ3n) is 2.87. The van der Waals surface area contributed by atoms with Gasteiger partial charge < -0.3 is 4.74 Å². The van der Waals surface area contributed by atoms with Gasteiger partial charge in [0.05, 0.1) is 6.42 Å². The van der Waals surface area contributed by atoms with Crippen LogP contribution < -0.4 is 0 Å². The minimum absolute atomic E-state index is 0.0852. The number of rotatable bonds is 6. The summed E-state index contributed by atoms with van der Waals surface area (Å²) in [6.07, 6.45) is 1.85. The number of esters is 1. The van der Waals surface area contributed by atoms with E-state index < -0.39 is 0 Å². The Labute approximate surface area is 118 Å². The highest BCUT2D eigenvalue weighted by Gasteiger charge is 2.04. The maximum Gasteiger partial charge on any atom is 0.306 e. The number of carbonyl (C=O) groups excluding carboxylic acids is 2. The molecule has 0 atom stereocenters. The van der Waals surface area contributed by atoms with Crippen molar-refractivity contribution in [2.75, 3.05) is 0 Å². The first-order chi connectivity index (χ1) is 9.79. The summed E-state index contributed by atoms with van der Waals surface area (Å²) in [5, 5.41) is 0. The second-order valence-corrected chi connectivity index (χ2v) is 4.37. The third-order valence-corrected chi connectivity index (χ3v) is 2.87. The fourth-order valence-corrected chi connectivity index (χ4v) is 1.86. The Morgan fingerprint density at radius 1 is 1.00 bits per heavy atom. The first-order valence-corrected chi connectivity index (χ1v) is 6.44. The molecule has 1 radical (unpaired) electrons. The lowest BCUT2D eigenvalue weighted by Gasteiger charge is -2.06. The average molecular weight is 267 g/mol. The van der Waals surface area contributed by atoms with E-state index in [0.29, 0.717) is 0 Å². The molecule has 2 rings (SSSR count). The largest absolute Gasteiger partial charge is 0.461 e. The van der Waals surface area contributed by atoms with Gasteiger partial charge >= 0.3 is 5.97 Å². The van der Waals surface area contributed by atoms with Gasteiger partial charge in [0.25, 0.3) is 0 Å². The number of ether oxygens (including phenoxy) is 1. The van der Waals surface area contributed by atoms with E-state index in [2.05, 4.69) is 0 Å². The Kier molecular flexibility index (Phi) is 5.07. The number of hydrogen-bond donors (Lipinski definition) is 0. The fourth-order valence-electron chi connectivity index (χ4n) is 1.86. The van der Waals surface area contributed by atoms with Crippen molar-refractivity contribution in [1.29, 1.82) is 0 Å². The summed E-state index contributed by atoms with van der Waals surface area (Å²) >= 11 is 0. The second-order valence-electron chi connectivity index (χ2n) is 4.37. The summed E-state index contributed by atoms with van der Waals surface area (Å²) in [7, 11) is 0. The predicted octanol–water partition coefficient (Wildman–Crippen LogP) is 3.29. The lowest BCUT2D eigenvalue weighted by Crippen LogP contribution is -2.04. The summed E-state index contributed by atoms with van der Waals surface area (Å²) in [5.74, 6) is -0.376.